The molecular formula is C19H26N4O3. The Kier molecular flexibility index (Phi) is 5.90. The van der Waals surface area contributed by atoms with E-state index >= 15 is 0 Å². The average Bonchev–Trinajstić information content (AvgIpc) is 3.22. The van der Waals surface area contributed by atoms with Gasteiger partial charge in [0.05, 0.1) is 31.7 Å². The minimum Gasteiger partial charge on any atom is -0.382 e. The van der Waals surface area contributed by atoms with Crippen molar-refractivity contribution in [2.75, 3.05) is 26.5 Å². The first-order chi connectivity index (χ1) is 12.6. The van der Waals surface area contributed by atoms with Gasteiger partial charge in [-0.2, -0.15) is 5.10 Å². The number of methoxy groups -OCH3 is 2. The number of nitrogens with zero attached hydrogens (tertiary/aromatic N) is 3. The molecule has 0 aliphatic carbocycles. The third-order valence-corrected chi connectivity index (χ3v) is 4.75. The van der Waals surface area contributed by atoms with Crippen LogP contribution in [0.5, 0.6) is 0 Å². The van der Waals surface area contributed by atoms with E-state index in [-0.39, 0.29) is 18.1 Å². The Morgan fingerprint density at radius 2 is 2.12 bits per heavy atom. The summed E-state index contributed by atoms with van der Waals surface area (Å²) in [5, 5.41) is 4.24. The summed E-state index contributed by atoms with van der Waals surface area (Å²) in [7, 11) is 3.36. The number of rotatable bonds is 7. The summed E-state index contributed by atoms with van der Waals surface area (Å²) in [4.78, 5) is 14.8. The number of carbonyl (C=O) groups is 1. The number of hydrogen-bond acceptors (Lipinski definition) is 5. The Labute approximate surface area is 153 Å². The van der Waals surface area contributed by atoms with Crippen LogP contribution >= 0.6 is 0 Å². The minimum atomic E-state index is 0.0499. The third kappa shape index (κ3) is 4.42. The van der Waals surface area contributed by atoms with Crippen LogP contribution in [0.4, 0.5) is 5.82 Å². The van der Waals surface area contributed by atoms with Crippen molar-refractivity contribution >= 4 is 11.7 Å². The number of anilines is 1. The molecule has 0 spiro atoms. The molecule has 7 heteroatoms. The lowest BCUT2D eigenvalue weighted by atomic mass is 10.1. The largest absolute Gasteiger partial charge is 0.382 e. The zero-order valence-corrected chi connectivity index (χ0v) is 15.3. The van der Waals surface area contributed by atoms with E-state index < -0.39 is 0 Å². The summed E-state index contributed by atoms with van der Waals surface area (Å²) in [5.41, 5.74) is 7.75. The van der Waals surface area contributed by atoms with Gasteiger partial charge in [-0.1, -0.05) is 24.3 Å². The first-order valence-electron chi connectivity index (χ1n) is 8.77. The topological polar surface area (TPSA) is 82.6 Å². The SMILES string of the molecule is COCc1cccc(CC(=O)N2C[C@H](OC)C[C@H]2Cn2ccc(N)n2)c1. The van der Waals surface area contributed by atoms with Crippen molar-refractivity contribution in [2.45, 2.75) is 38.1 Å². The van der Waals surface area contributed by atoms with Crippen molar-refractivity contribution in [3.63, 3.8) is 0 Å². The monoisotopic (exact) mass is 358 g/mol. The van der Waals surface area contributed by atoms with Gasteiger partial charge in [0, 0.05) is 27.0 Å². The number of ether oxygens (including phenoxy) is 2. The quantitative estimate of drug-likeness (QED) is 0.810. The van der Waals surface area contributed by atoms with Crippen molar-refractivity contribution in [1.29, 1.82) is 0 Å². The lowest BCUT2D eigenvalue weighted by Gasteiger charge is -2.24. The van der Waals surface area contributed by atoms with Crippen LogP contribution < -0.4 is 5.73 Å². The molecule has 7 nitrogen and oxygen atoms in total. The summed E-state index contributed by atoms with van der Waals surface area (Å²) in [5.74, 6) is 0.586. The van der Waals surface area contributed by atoms with Crippen molar-refractivity contribution in [1.82, 2.24) is 14.7 Å². The van der Waals surface area contributed by atoms with Crippen molar-refractivity contribution in [3.05, 3.63) is 47.7 Å². The van der Waals surface area contributed by atoms with Gasteiger partial charge < -0.3 is 20.1 Å². The van der Waals surface area contributed by atoms with Gasteiger partial charge in [0.25, 0.3) is 0 Å². The Hall–Kier alpha value is -2.38. The molecule has 0 bridgehead atoms. The maximum absolute atomic E-state index is 12.9. The lowest BCUT2D eigenvalue weighted by Crippen LogP contribution is -2.39. The van der Waals surface area contributed by atoms with E-state index in [1.165, 1.54) is 0 Å². The van der Waals surface area contributed by atoms with Gasteiger partial charge in [-0.05, 0) is 23.6 Å². The normalized spacial score (nSPS) is 19.8. The highest BCUT2D eigenvalue weighted by Crippen LogP contribution is 2.23. The van der Waals surface area contributed by atoms with E-state index in [9.17, 15) is 4.79 Å². The number of aromatic nitrogens is 2. The highest BCUT2D eigenvalue weighted by molar-refractivity contribution is 5.79. The first-order valence-corrected chi connectivity index (χ1v) is 8.77. The molecule has 26 heavy (non-hydrogen) atoms. The molecule has 0 unspecified atom stereocenters. The fraction of sp³-hybridized carbons (Fsp3) is 0.474. The van der Waals surface area contributed by atoms with E-state index in [1.807, 2.05) is 35.4 Å². The van der Waals surface area contributed by atoms with Crippen LogP contribution in [0.1, 0.15) is 17.5 Å². The smallest absolute Gasteiger partial charge is 0.227 e. The molecule has 1 aliphatic rings. The van der Waals surface area contributed by atoms with E-state index in [1.54, 1.807) is 25.0 Å². The van der Waals surface area contributed by atoms with Crippen molar-refractivity contribution < 1.29 is 14.3 Å². The van der Waals surface area contributed by atoms with Gasteiger partial charge in [0.15, 0.2) is 0 Å². The number of likely N-dealkylation sites (tertiary alicyclic amines) is 1. The summed E-state index contributed by atoms with van der Waals surface area (Å²) in [6.45, 7) is 1.77. The highest BCUT2D eigenvalue weighted by Gasteiger charge is 2.35. The highest BCUT2D eigenvalue weighted by atomic mass is 16.5. The second-order valence-corrected chi connectivity index (χ2v) is 6.69. The zero-order chi connectivity index (χ0) is 18.5. The molecule has 0 saturated carbocycles. The minimum absolute atomic E-state index is 0.0499. The molecule has 2 heterocycles. The number of hydrogen-bond donors (Lipinski definition) is 1. The fourth-order valence-corrected chi connectivity index (χ4v) is 3.49. The predicted molar refractivity (Wildman–Crippen MR) is 98.4 cm³/mol. The van der Waals surface area contributed by atoms with Crippen LogP contribution in [-0.2, 0) is 33.8 Å². The molecule has 2 N–H and O–H groups in total. The fourth-order valence-electron chi connectivity index (χ4n) is 3.49. The van der Waals surface area contributed by atoms with E-state index in [0.717, 1.165) is 17.5 Å². The molecule has 0 radical (unpaired) electrons. The number of amides is 1. The lowest BCUT2D eigenvalue weighted by molar-refractivity contribution is -0.131. The number of nitrogen functional groups attached to an aromatic ring is 1. The maximum atomic E-state index is 12.9. The summed E-state index contributed by atoms with van der Waals surface area (Å²) in [6.07, 6.45) is 3.06. The van der Waals surface area contributed by atoms with Crippen LogP contribution in [0, 0.1) is 0 Å². The Morgan fingerprint density at radius 1 is 1.31 bits per heavy atom. The van der Waals surface area contributed by atoms with E-state index in [0.29, 0.717) is 31.9 Å². The van der Waals surface area contributed by atoms with Gasteiger partial charge in [-0.25, -0.2) is 0 Å². The standard InChI is InChI=1S/C19H26N4O3/c1-25-13-15-5-3-4-14(8-15)9-19(24)23-12-17(26-2)10-16(23)11-22-7-6-18(20)21-22/h3-8,16-17H,9-13H2,1-2H3,(H2,20,21)/t16-,17+/m0/s1. The molecule has 1 amide bonds. The van der Waals surface area contributed by atoms with Crippen LogP contribution in [0.15, 0.2) is 36.5 Å². The summed E-state index contributed by atoms with van der Waals surface area (Å²) >= 11 is 0. The molecule has 1 aromatic carbocycles. The van der Waals surface area contributed by atoms with Crippen LogP contribution in [-0.4, -0.2) is 53.5 Å². The van der Waals surface area contributed by atoms with Crippen LogP contribution in [0.25, 0.3) is 0 Å². The molecule has 1 fully saturated rings. The molecule has 140 valence electrons. The zero-order valence-electron chi connectivity index (χ0n) is 15.3. The Morgan fingerprint density at radius 3 is 2.81 bits per heavy atom. The molecule has 3 rings (SSSR count). The second-order valence-electron chi connectivity index (χ2n) is 6.69. The van der Waals surface area contributed by atoms with Crippen LogP contribution in [0.3, 0.4) is 0 Å². The molecule has 1 aliphatic heterocycles. The van der Waals surface area contributed by atoms with Crippen LogP contribution in [0.2, 0.25) is 0 Å². The third-order valence-electron chi connectivity index (χ3n) is 4.75. The van der Waals surface area contributed by atoms with Gasteiger partial charge >= 0.3 is 0 Å². The number of carbonyl (C=O) groups excluding carboxylic acids is 1. The predicted octanol–water partition coefficient (Wildman–Crippen LogP) is 1.47. The average molecular weight is 358 g/mol. The Balaban J connectivity index is 1.69. The molecule has 2 atom stereocenters. The Bertz CT molecular complexity index is 746. The van der Waals surface area contributed by atoms with Gasteiger partial charge in [-0.3, -0.25) is 9.48 Å². The number of benzene rings is 1. The maximum Gasteiger partial charge on any atom is 0.227 e. The number of nitrogens with two attached hydrogens (primary N) is 1. The molecular weight excluding hydrogens is 332 g/mol. The molecule has 1 saturated heterocycles. The van der Waals surface area contributed by atoms with Gasteiger partial charge in [0.2, 0.25) is 5.91 Å². The van der Waals surface area contributed by atoms with Crippen molar-refractivity contribution in [3.8, 4) is 0 Å². The molecule has 1 aromatic heterocycles. The summed E-state index contributed by atoms with van der Waals surface area (Å²) < 4.78 is 12.5. The van der Waals surface area contributed by atoms with Gasteiger partial charge in [-0.15, -0.1) is 0 Å². The van der Waals surface area contributed by atoms with E-state index in [4.69, 9.17) is 15.2 Å². The van der Waals surface area contributed by atoms with Crippen molar-refractivity contribution in [2.24, 2.45) is 0 Å². The van der Waals surface area contributed by atoms with Gasteiger partial charge in [0.1, 0.15) is 5.82 Å². The van der Waals surface area contributed by atoms with E-state index in [2.05, 4.69) is 5.10 Å². The first kappa shape index (κ1) is 18.4. The second kappa shape index (κ2) is 8.33. The molecule has 2 aromatic rings. The summed E-state index contributed by atoms with van der Waals surface area (Å²) in [6, 6.07) is 9.77.